The first-order valence-corrected chi connectivity index (χ1v) is 15.2. The number of hydrogen-bond acceptors (Lipinski definition) is 3. The molecule has 4 nitrogen and oxygen atoms in total. The quantitative estimate of drug-likeness (QED) is 0.209. The molecule has 0 unspecified atom stereocenters. The average molecular weight is 541 g/mol. The summed E-state index contributed by atoms with van der Waals surface area (Å²) in [5.74, 6) is 0. The van der Waals surface area contributed by atoms with E-state index in [0.717, 1.165) is 46.8 Å². The molecule has 4 heteroatoms. The van der Waals surface area contributed by atoms with Gasteiger partial charge in [0.05, 0.1) is 23.3 Å². The molecule has 4 rings (SSSR count). The van der Waals surface area contributed by atoms with Crippen molar-refractivity contribution in [1.82, 2.24) is 14.4 Å². The largest absolute Gasteiger partial charge is 0.297 e. The molecule has 2 aromatic heterocycles. The van der Waals surface area contributed by atoms with Crippen LogP contribution >= 0.6 is 0 Å². The molecule has 0 aliphatic carbocycles. The number of hydrogen-bond donors (Lipinski definition) is 0. The third-order valence-electron chi connectivity index (χ3n) is 6.09. The molecule has 0 atom stereocenters. The topological polar surface area (TPSA) is 42.5 Å². The highest BCUT2D eigenvalue weighted by atomic mass is 15.0. The second-order valence-corrected chi connectivity index (χ2v) is 9.13. The summed E-state index contributed by atoms with van der Waals surface area (Å²) in [4.78, 5) is 14.3. The van der Waals surface area contributed by atoms with Crippen molar-refractivity contribution in [3.05, 3.63) is 107 Å². The molecule has 0 bridgehead atoms. The number of fused-ring (bicyclic) bond motifs is 1. The van der Waals surface area contributed by atoms with Crippen LogP contribution in [-0.2, 0) is 6.42 Å². The molecule has 0 aliphatic rings. The summed E-state index contributed by atoms with van der Waals surface area (Å²) in [6.45, 7) is 21.5. The molecule has 0 saturated heterocycles. The van der Waals surface area contributed by atoms with Crippen molar-refractivity contribution >= 4 is 16.9 Å². The maximum atomic E-state index is 4.86. The van der Waals surface area contributed by atoms with Crippen molar-refractivity contribution in [2.24, 2.45) is 4.99 Å². The van der Waals surface area contributed by atoms with E-state index >= 15 is 0 Å². The maximum absolute atomic E-state index is 4.86. The fourth-order valence-electron chi connectivity index (χ4n) is 4.35. The fourth-order valence-corrected chi connectivity index (χ4v) is 4.35. The second-order valence-electron chi connectivity index (χ2n) is 9.13. The second kappa shape index (κ2) is 19.5. The summed E-state index contributed by atoms with van der Waals surface area (Å²) in [5, 5.41) is 0. The van der Waals surface area contributed by atoms with Gasteiger partial charge in [-0.3, -0.25) is 14.4 Å². The smallest absolute Gasteiger partial charge is 0.159 e. The molecule has 0 amide bonds. The summed E-state index contributed by atoms with van der Waals surface area (Å²) >= 11 is 0. The summed E-state index contributed by atoms with van der Waals surface area (Å²) in [5.41, 5.74) is 9.79. The molecule has 2 heterocycles. The summed E-state index contributed by atoms with van der Waals surface area (Å²) in [6.07, 6.45) is 12.7. The van der Waals surface area contributed by atoms with Crippen LogP contribution in [0.5, 0.6) is 0 Å². The van der Waals surface area contributed by atoms with Gasteiger partial charge in [0.15, 0.2) is 5.65 Å². The Labute approximate surface area is 244 Å². The molecule has 0 fully saturated rings. The summed E-state index contributed by atoms with van der Waals surface area (Å²) < 4.78 is 2.13. The third-order valence-corrected chi connectivity index (χ3v) is 6.09. The van der Waals surface area contributed by atoms with Crippen LogP contribution in [0.15, 0.2) is 78.2 Å². The molecule has 2 aromatic carbocycles. The Hall–Kier alpha value is -3.53. The number of imidazole rings is 1. The number of rotatable bonds is 8. The van der Waals surface area contributed by atoms with Gasteiger partial charge >= 0.3 is 0 Å². The van der Waals surface area contributed by atoms with Crippen molar-refractivity contribution in [2.75, 3.05) is 6.54 Å². The van der Waals surface area contributed by atoms with Crippen LogP contribution in [0.25, 0.3) is 11.2 Å². The molecule has 216 valence electrons. The lowest BCUT2D eigenvalue weighted by atomic mass is 9.98. The van der Waals surface area contributed by atoms with Crippen molar-refractivity contribution in [1.29, 1.82) is 0 Å². The van der Waals surface area contributed by atoms with E-state index in [0.29, 0.717) is 0 Å². The molecule has 0 radical (unpaired) electrons. The zero-order valence-corrected chi connectivity index (χ0v) is 26.8. The predicted octanol–water partition coefficient (Wildman–Crippen LogP) is 10.1. The molecule has 0 aliphatic heterocycles. The van der Waals surface area contributed by atoms with Crippen LogP contribution in [0.1, 0.15) is 108 Å². The van der Waals surface area contributed by atoms with Crippen molar-refractivity contribution in [2.45, 2.75) is 94.9 Å². The van der Waals surface area contributed by atoms with Crippen LogP contribution in [0.3, 0.4) is 0 Å². The van der Waals surface area contributed by atoms with Crippen molar-refractivity contribution in [3.63, 3.8) is 0 Å². The Morgan fingerprint density at radius 3 is 2.08 bits per heavy atom. The number of allylic oxidation sites excluding steroid dienone is 2. The number of aromatic nitrogens is 3. The number of unbranched alkanes of at least 4 members (excludes halogenated alkanes) is 2. The van der Waals surface area contributed by atoms with Gasteiger partial charge in [0.2, 0.25) is 0 Å². The van der Waals surface area contributed by atoms with E-state index < -0.39 is 0 Å². The third kappa shape index (κ3) is 9.89. The van der Waals surface area contributed by atoms with E-state index in [1.54, 1.807) is 0 Å². The first-order valence-electron chi connectivity index (χ1n) is 15.2. The fraction of sp³-hybridized carbons (Fsp3) is 0.417. The Kier molecular flexibility index (Phi) is 16.8. The molecule has 4 aromatic rings. The van der Waals surface area contributed by atoms with Gasteiger partial charge in [0.1, 0.15) is 0 Å². The van der Waals surface area contributed by atoms with Crippen LogP contribution in [-0.4, -0.2) is 26.6 Å². The minimum atomic E-state index is 0.720. The van der Waals surface area contributed by atoms with Gasteiger partial charge in [-0.05, 0) is 39.3 Å². The maximum Gasteiger partial charge on any atom is 0.159 e. The van der Waals surface area contributed by atoms with E-state index in [4.69, 9.17) is 9.98 Å². The monoisotopic (exact) mass is 540 g/mol. The first-order chi connectivity index (χ1) is 19.5. The minimum absolute atomic E-state index is 0.720. The summed E-state index contributed by atoms with van der Waals surface area (Å²) in [7, 11) is 0. The van der Waals surface area contributed by atoms with Gasteiger partial charge in [-0.15, -0.1) is 0 Å². The zero-order valence-electron chi connectivity index (χ0n) is 26.8. The Balaban J connectivity index is 0.000000789. The average Bonchev–Trinajstić information content (AvgIpc) is 3.41. The molecular weight excluding hydrogens is 488 g/mol. The van der Waals surface area contributed by atoms with Crippen LogP contribution in [0.4, 0.5) is 0 Å². The van der Waals surface area contributed by atoms with Crippen LogP contribution in [0.2, 0.25) is 0 Å². The number of nitrogens with zero attached hydrogens (tertiary/aromatic N) is 4. The van der Waals surface area contributed by atoms with E-state index in [-0.39, 0.29) is 0 Å². The van der Waals surface area contributed by atoms with Gasteiger partial charge in [0, 0.05) is 36.5 Å². The molecule has 0 saturated carbocycles. The van der Waals surface area contributed by atoms with E-state index in [1.165, 1.54) is 36.0 Å². The molecular formula is C36H52N4. The first kappa shape index (κ1) is 34.5. The lowest BCUT2D eigenvalue weighted by Crippen LogP contribution is -2.08. The lowest BCUT2D eigenvalue weighted by molar-refractivity contribution is 0.772. The molecule has 0 N–H and O–H groups in total. The Morgan fingerprint density at radius 2 is 1.52 bits per heavy atom. The zero-order chi connectivity index (χ0) is 29.9. The SMILES string of the molecule is C/C=C(\C(=NCC)c1cccc(C)c1)c1cnc2c(Cc3cccc(C)c3)nccn12.CC.CC.CCCCC. The van der Waals surface area contributed by atoms with Gasteiger partial charge in [0.25, 0.3) is 0 Å². The van der Waals surface area contributed by atoms with Gasteiger partial charge < -0.3 is 0 Å². The Bertz CT molecular complexity index is 1330. The normalized spacial score (nSPS) is 11.1. The van der Waals surface area contributed by atoms with Gasteiger partial charge in [-0.2, -0.15) is 0 Å². The minimum Gasteiger partial charge on any atom is -0.297 e. The van der Waals surface area contributed by atoms with Crippen molar-refractivity contribution in [3.8, 4) is 0 Å². The number of aliphatic imine (C=N–C) groups is 1. The highest BCUT2D eigenvalue weighted by molar-refractivity contribution is 6.31. The van der Waals surface area contributed by atoms with Gasteiger partial charge in [-0.25, -0.2) is 4.98 Å². The van der Waals surface area contributed by atoms with E-state index in [1.807, 2.05) is 46.3 Å². The number of benzene rings is 2. The highest BCUT2D eigenvalue weighted by Gasteiger charge is 2.17. The summed E-state index contributed by atoms with van der Waals surface area (Å²) in [6, 6.07) is 17.1. The standard InChI is InChI=1S/C27H28N4.C5H12.2C2H6/c1-5-23(26(28-6-2)22-12-8-10-20(4)16-22)25-18-30-27-24(29-13-14-31(25)27)17-21-11-7-9-19(3)15-21;1-3-5-4-2;2*1-2/h5,7-16,18H,6,17H2,1-4H3;3-5H2,1-2H3;2*1-2H3/b23-5-,28-26?;;;. The van der Waals surface area contributed by atoms with E-state index in [2.05, 4.69) is 106 Å². The van der Waals surface area contributed by atoms with E-state index in [9.17, 15) is 0 Å². The van der Waals surface area contributed by atoms with Gasteiger partial charge in [-0.1, -0.05) is 120 Å². The number of aryl methyl sites for hydroxylation is 2. The van der Waals surface area contributed by atoms with Crippen molar-refractivity contribution < 1.29 is 0 Å². The molecule has 0 spiro atoms. The Morgan fingerprint density at radius 1 is 0.875 bits per heavy atom. The molecule has 40 heavy (non-hydrogen) atoms. The highest BCUT2D eigenvalue weighted by Crippen LogP contribution is 2.24. The lowest BCUT2D eigenvalue weighted by Gasteiger charge is -2.13. The van der Waals surface area contributed by atoms with Crippen LogP contribution < -0.4 is 0 Å². The predicted molar refractivity (Wildman–Crippen MR) is 177 cm³/mol. The van der Waals surface area contributed by atoms with Crippen LogP contribution in [0, 0.1) is 13.8 Å².